The Kier molecular flexibility index (Phi) is 4.07. The summed E-state index contributed by atoms with van der Waals surface area (Å²) in [6.45, 7) is 13.5. The summed E-state index contributed by atoms with van der Waals surface area (Å²) < 4.78 is 0. The molecular weight excluding hydrogens is 295 g/mol. The van der Waals surface area contributed by atoms with Crippen LogP contribution in [0.3, 0.4) is 0 Å². The Hall–Kier alpha value is -1.65. The summed E-state index contributed by atoms with van der Waals surface area (Å²) >= 11 is 0. The molecule has 1 heteroatoms. The van der Waals surface area contributed by atoms with Gasteiger partial charge in [-0.1, -0.05) is 55.1 Å². The predicted octanol–water partition coefficient (Wildman–Crippen LogP) is 6.14. The maximum absolute atomic E-state index is 3.87. The van der Waals surface area contributed by atoms with Gasteiger partial charge in [-0.05, 0) is 43.0 Å². The Labute approximate surface area is 141 Å². The zero-order chi connectivity index (χ0) is 16.7. The molecule has 23 heavy (non-hydrogen) atoms. The second kappa shape index (κ2) is 5.77. The van der Waals surface area contributed by atoms with E-state index >= 15 is 0 Å². The van der Waals surface area contributed by atoms with E-state index in [-0.39, 0.29) is 5.16 Å². The van der Waals surface area contributed by atoms with Crippen molar-refractivity contribution in [2.45, 2.75) is 25.4 Å². The number of rotatable bonds is 3. The Bertz CT molecular complexity index is 782. The summed E-state index contributed by atoms with van der Waals surface area (Å²) in [5.41, 5.74) is 7.44. The molecule has 0 saturated heterocycles. The normalized spacial score (nSPS) is 20.2. The molecule has 0 nitrogen and oxygen atoms in total. The molecule has 0 bridgehead atoms. The summed E-state index contributed by atoms with van der Waals surface area (Å²) in [5, 5.41) is 0.0582. The van der Waals surface area contributed by atoms with Crippen LogP contribution in [0.5, 0.6) is 0 Å². The molecule has 0 radical (unpaired) electrons. The Morgan fingerprint density at radius 1 is 1.04 bits per heavy atom. The maximum atomic E-state index is 3.87. The van der Waals surface area contributed by atoms with Gasteiger partial charge >= 0.3 is 0 Å². The number of benzene rings is 2. The second-order valence-corrected chi connectivity index (χ2v) is 11.4. The number of aryl methyl sites for hydroxylation is 1. The first-order valence-electron chi connectivity index (χ1n) is 8.23. The van der Waals surface area contributed by atoms with Crippen LogP contribution >= 0.6 is 7.26 Å². The van der Waals surface area contributed by atoms with Crippen LogP contribution in [0.1, 0.15) is 34.7 Å². The van der Waals surface area contributed by atoms with Crippen LogP contribution in [0.25, 0.3) is 0 Å². The van der Waals surface area contributed by atoms with Crippen molar-refractivity contribution in [1.82, 2.24) is 0 Å². The van der Waals surface area contributed by atoms with Gasteiger partial charge in [0.05, 0.1) is 19.1 Å². The lowest BCUT2D eigenvalue weighted by atomic mass is 9.77. The molecule has 0 N–H and O–H groups in total. The molecule has 2 aromatic carbocycles. The van der Waals surface area contributed by atoms with E-state index in [1.54, 1.807) is 0 Å². The summed E-state index contributed by atoms with van der Waals surface area (Å²) in [4.78, 5) is 0. The van der Waals surface area contributed by atoms with Crippen molar-refractivity contribution in [3.8, 4) is 0 Å². The van der Waals surface area contributed by atoms with Gasteiger partial charge in [0.2, 0.25) is 0 Å². The van der Waals surface area contributed by atoms with Crippen LogP contribution in [-0.2, 0) is 11.6 Å². The van der Waals surface area contributed by atoms with E-state index in [1.165, 1.54) is 27.8 Å². The van der Waals surface area contributed by atoms with Crippen LogP contribution in [0.4, 0.5) is 0 Å². The monoisotopic (exact) mass is 321 g/mol. The first-order chi connectivity index (χ1) is 10.9. The standard InChI is InChI=1S/C22H26P/c1-6-7-15-23(4,5)22(3)20-13-9-8-12-18(20)16-19-17(2)11-10-14-21(19)22/h6-15H,1,16H2,2-5H3/q+1/b15-7-. The third-order valence-corrected chi connectivity index (χ3v) is 9.30. The fourth-order valence-electron chi connectivity index (χ4n) is 3.92. The molecule has 2 aromatic rings. The molecule has 1 aliphatic carbocycles. The number of hydrogen-bond donors (Lipinski definition) is 0. The van der Waals surface area contributed by atoms with Gasteiger partial charge in [-0.2, -0.15) is 0 Å². The fraction of sp³-hybridized carbons (Fsp3) is 0.273. The minimum absolute atomic E-state index is 0.0582. The van der Waals surface area contributed by atoms with Crippen molar-refractivity contribution in [3.05, 3.63) is 94.8 Å². The van der Waals surface area contributed by atoms with Crippen LogP contribution in [0.15, 0.2) is 67.0 Å². The summed E-state index contributed by atoms with van der Waals surface area (Å²) in [6, 6.07) is 15.8. The SMILES string of the molecule is C=C/C=C\[P+](C)(C)C1(C)c2ccccc2Cc2c(C)cccc21. The second-order valence-electron chi connectivity index (χ2n) is 7.12. The van der Waals surface area contributed by atoms with Gasteiger partial charge in [-0.3, -0.25) is 0 Å². The van der Waals surface area contributed by atoms with E-state index < -0.39 is 7.26 Å². The lowest BCUT2D eigenvalue weighted by Gasteiger charge is -2.42. The van der Waals surface area contributed by atoms with E-state index in [4.69, 9.17) is 0 Å². The lowest BCUT2D eigenvalue weighted by molar-refractivity contribution is 0.757. The topological polar surface area (TPSA) is 0 Å². The van der Waals surface area contributed by atoms with Gasteiger partial charge in [0.25, 0.3) is 0 Å². The molecule has 0 fully saturated rings. The molecule has 3 rings (SSSR count). The number of allylic oxidation sites excluding steroid dienone is 2. The Balaban J connectivity index is 2.34. The van der Waals surface area contributed by atoms with Gasteiger partial charge in [0, 0.05) is 18.4 Å². The Morgan fingerprint density at radius 3 is 2.48 bits per heavy atom. The van der Waals surface area contributed by atoms with Gasteiger partial charge in [0.1, 0.15) is 5.16 Å². The molecule has 1 atom stereocenters. The van der Waals surface area contributed by atoms with Crippen LogP contribution in [0.2, 0.25) is 0 Å². The van der Waals surface area contributed by atoms with Crippen molar-refractivity contribution in [2.75, 3.05) is 13.3 Å². The van der Waals surface area contributed by atoms with E-state index in [1.807, 2.05) is 6.08 Å². The first kappa shape index (κ1) is 16.2. The van der Waals surface area contributed by atoms with Crippen LogP contribution < -0.4 is 0 Å². The molecule has 118 valence electrons. The van der Waals surface area contributed by atoms with Crippen molar-refractivity contribution in [2.24, 2.45) is 0 Å². The largest absolute Gasteiger partial charge is 0.131 e. The minimum atomic E-state index is -1.38. The fourth-order valence-corrected chi connectivity index (χ4v) is 6.44. The number of fused-ring (bicyclic) bond motifs is 2. The molecular formula is C22H26P+. The summed E-state index contributed by atoms with van der Waals surface area (Å²) in [6.07, 6.45) is 5.08. The van der Waals surface area contributed by atoms with Gasteiger partial charge in [0.15, 0.2) is 0 Å². The summed E-state index contributed by atoms with van der Waals surface area (Å²) in [7, 11) is -1.38. The van der Waals surface area contributed by atoms with E-state index in [0.29, 0.717) is 0 Å². The average molecular weight is 321 g/mol. The molecule has 0 saturated carbocycles. The molecule has 1 aliphatic rings. The quantitative estimate of drug-likeness (QED) is 0.470. The van der Waals surface area contributed by atoms with Gasteiger partial charge < -0.3 is 0 Å². The highest BCUT2D eigenvalue weighted by Crippen LogP contribution is 2.73. The van der Waals surface area contributed by atoms with E-state index in [0.717, 1.165) is 6.42 Å². The highest BCUT2D eigenvalue weighted by Gasteiger charge is 2.52. The van der Waals surface area contributed by atoms with E-state index in [2.05, 4.69) is 88.1 Å². The smallest absolute Gasteiger partial charge is 0.0989 e. The van der Waals surface area contributed by atoms with Crippen molar-refractivity contribution in [3.63, 3.8) is 0 Å². The molecule has 0 amide bonds. The van der Waals surface area contributed by atoms with Crippen molar-refractivity contribution in [1.29, 1.82) is 0 Å². The molecule has 1 unspecified atom stereocenters. The van der Waals surface area contributed by atoms with E-state index in [9.17, 15) is 0 Å². The number of hydrogen-bond acceptors (Lipinski definition) is 0. The third kappa shape index (κ3) is 2.41. The molecule has 0 aromatic heterocycles. The maximum Gasteiger partial charge on any atom is 0.131 e. The van der Waals surface area contributed by atoms with Crippen molar-refractivity contribution < 1.29 is 0 Å². The zero-order valence-corrected chi connectivity index (χ0v) is 15.5. The summed E-state index contributed by atoms with van der Waals surface area (Å²) in [5.74, 6) is 2.41. The van der Waals surface area contributed by atoms with Crippen molar-refractivity contribution >= 4 is 7.26 Å². The molecule has 0 spiro atoms. The van der Waals surface area contributed by atoms with Crippen LogP contribution in [0, 0.1) is 6.92 Å². The highest BCUT2D eigenvalue weighted by atomic mass is 31.2. The van der Waals surface area contributed by atoms with Gasteiger partial charge in [-0.15, -0.1) is 0 Å². The predicted molar refractivity (Wildman–Crippen MR) is 105 cm³/mol. The minimum Gasteiger partial charge on any atom is -0.0989 e. The average Bonchev–Trinajstić information content (AvgIpc) is 2.54. The Morgan fingerprint density at radius 2 is 1.74 bits per heavy atom. The molecule has 0 heterocycles. The van der Waals surface area contributed by atoms with Crippen LogP contribution in [-0.4, -0.2) is 13.3 Å². The third-order valence-electron chi connectivity index (χ3n) is 5.59. The lowest BCUT2D eigenvalue weighted by Crippen LogP contribution is -2.32. The molecule has 0 aliphatic heterocycles. The first-order valence-corrected chi connectivity index (χ1v) is 11.0. The zero-order valence-electron chi connectivity index (χ0n) is 14.6. The highest BCUT2D eigenvalue weighted by molar-refractivity contribution is 7.78. The van der Waals surface area contributed by atoms with Gasteiger partial charge in [-0.25, -0.2) is 0 Å².